The molecule has 4 N–H and O–H groups in total. The fourth-order valence-corrected chi connectivity index (χ4v) is 2.44. The van der Waals surface area contributed by atoms with Crippen LogP contribution in [0.1, 0.15) is 16.1 Å². The maximum absolute atomic E-state index is 12.2. The first-order valence-electron chi connectivity index (χ1n) is 7.62. The van der Waals surface area contributed by atoms with Gasteiger partial charge in [-0.2, -0.15) is 5.10 Å². The molecule has 0 radical (unpaired) electrons. The first-order chi connectivity index (χ1) is 12.5. The number of aromatic amines is 1. The van der Waals surface area contributed by atoms with E-state index in [2.05, 4.69) is 15.5 Å². The predicted octanol–water partition coefficient (Wildman–Crippen LogP) is 2.36. The summed E-state index contributed by atoms with van der Waals surface area (Å²) in [5.74, 6) is 0.454. The lowest BCUT2D eigenvalue weighted by Gasteiger charge is -2.06. The molecule has 0 saturated carbocycles. The number of benzene rings is 2. The molecule has 0 spiro atoms. The van der Waals surface area contributed by atoms with Gasteiger partial charge in [-0.15, -0.1) is 0 Å². The number of nitrogens with one attached hydrogen (secondary N) is 2. The van der Waals surface area contributed by atoms with Gasteiger partial charge in [-0.1, -0.05) is 0 Å². The SMILES string of the molecule is COc1cc2cc(C(=O)NN=Cc3ccc(O)cc3O)[nH]c2cc1OC. The number of hydrogen-bond donors (Lipinski definition) is 4. The highest BCUT2D eigenvalue weighted by Gasteiger charge is 2.12. The minimum absolute atomic E-state index is 0.0624. The fraction of sp³-hybridized carbons (Fsp3) is 0.111. The maximum Gasteiger partial charge on any atom is 0.287 e. The van der Waals surface area contributed by atoms with Gasteiger partial charge in [0.2, 0.25) is 0 Å². The Kier molecular flexibility index (Phi) is 4.66. The summed E-state index contributed by atoms with van der Waals surface area (Å²) >= 11 is 0. The third-order valence-electron chi connectivity index (χ3n) is 3.75. The van der Waals surface area contributed by atoms with Crippen LogP contribution in [0.25, 0.3) is 10.9 Å². The minimum atomic E-state index is -0.450. The second-order valence-corrected chi connectivity index (χ2v) is 5.42. The summed E-state index contributed by atoms with van der Waals surface area (Å²) in [6.45, 7) is 0. The molecule has 0 aliphatic rings. The number of H-pyrrole nitrogens is 1. The molecule has 1 heterocycles. The number of phenolic OH excluding ortho intramolecular Hbond substituents is 2. The van der Waals surface area contributed by atoms with Crippen LogP contribution in [-0.2, 0) is 0 Å². The first-order valence-corrected chi connectivity index (χ1v) is 7.62. The van der Waals surface area contributed by atoms with Gasteiger partial charge in [0.15, 0.2) is 11.5 Å². The molecule has 3 aromatic rings. The molecule has 0 saturated heterocycles. The first kappa shape index (κ1) is 17.2. The second kappa shape index (κ2) is 7.06. The number of fused-ring (bicyclic) bond motifs is 1. The van der Waals surface area contributed by atoms with Gasteiger partial charge in [0, 0.05) is 28.6 Å². The van der Waals surface area contributed by atoms with Crippen LogP contribution in [0.2, 0.25) is 0 Å². The number of rotatable bonds is 5. The van der Waals surface area contributed by atoms with E-state index in [1.54, 1.807) is 18.2 Å². The fourth-order valence-electron chi connectivity index (χ4n) is 2.44. The van der Waals surface area contributed by atoms with Gasteiger partial charge in [-0.3, -0.25) is 4.79 Å². The molecule has 0 bridgehead atoms. The highest BCUT2D eigenvalue weighted by molar-refractivity contribution is 5.99. The summed E-state index contributed by atoms with van der Waals surface area (Å²) < 4.78 is 10.5. The van der Waals surface area contributed by atoms with E-state index in [4.69, 9.17) is 9.47 Å². The lowest BCUT2D eigenvalue weighted by Crippen LogP contribution is -2.17. The smallest absolute Gasteiger partial charge is 0.287 e. The Morgan fingerprint density at radius 1 is 1.12 bits per heavy atom. The number of nitrogens with zero attached hydrogens (tertiary/aromatic N) is 1. The molecule has 0 aliphatic carbocycles. The predicted molar refractivity (Wildman–Crippen MR) is 96.2 cm³/mol. The third kappa shape index (κ3) is 3.39. The number of carbonyl (C=O) groups excluding carboxylic acids is 1. The summed E-state index contributed by atoms with van der Waals surface area (Å²) in [5.41, 5.74) is 3.75. The number of methoxy groups -OCH3 is 2. The van der Waals surface area contributed by atoms with Crippen LogP contribution in [0.5, 0.6) is 23.0 Å². The zero-order chi connectivity index (χ0) is 18.7. The van der Waals surface area contributed by atoms with Crippen LogP contribution in [0.15, 0.2) is 41.5 Å². The van der Waals surface area contributed by atoms with Gasteiger partial charge in [0.05, 0.1) is 20.4 Å². The molecule has 134 valence electrons. The van der Waals surface area contributed by atoms with Crippen molar-refractivity contribution in [1.82, 2.24) is 10.4 Å². The van der Waals surface area contributed by atoms with Crippen LogP contribution >= 0.6 is 0 Å². The van der Waals surface area contributed by atoms with Crippen molar-refractivity contribution in [2.24, 2.45) is 5.10 Å². The Morgan fingerprint density at radius 3 is 2.54 bits per heavy atom. The van der Waals surface area contributed by atoms with Crippen molar-refractivity contribution in [2.75, 3.05) is 14.2 Å². The number of ether oxygens (including phenoxy) is 2. The van der Waals surface area contributed by atoms with Crippen molar-refractivity contribution in [3.63, 3.8) is 0 Å². The molecular formula is C18H17N3O5. The number of hydrogen-bond acceptors (Lipinski definition) is 6. The molecule has 8 heteroatoms. The molecule has 0 aliphatic heterocycles. The van der Waals surface area contributed by atoms with E-state index in [9.17, 15) is 15.0 Å². The largest absolute Gasteiger partial charge is 0.508 e. The number of aromatic nitrogens is 1. The van der Waals surface area contributed by atoms with Crippen molar-refractivity contribution >= 4 is 23.0 Å². The lowest BCUT2D eigenvalue weighted by molar-refractivity contribution is 0.0951. The molecule has 0 fully saturated rings. The van der Waals surface area contributed by atoms with Gasteiger partial charge in [0.1, 0.15) is 17.2 Å². The lowest BCUT2D eigenvalue weighted by atomic mass is 10.2. The number of carbonyl (C=O) groups is 1. The van der Waals surface area contributed by atoms with Crippen LogP contribution in [0.3, 0.4) is 0 Å². The highest BCUT2D eigenvalue weighted by atomic mass is 16.5. The third-order valence-corrected chi connectivity index (χ3v) is 3.75. The summed E-state index contributed by atoms with van der Waals surface area (Å²) in [5, 5.41) is 23.5. The average Bonchev–Trinajstić information content (AvgIpc) is 3.05. The molecular weight excluding hydrogens is 338 g/mol. The van der Waals surface area contributed by atoms with Crippen molar-refractivity contribution in [2.45, 2.75) is 0 Å². The Bertz CT molecular complexity index is 953. The van der Waals surface area contributed by atoms with Crippen LogP contribution < -0.4 is 14.9 Å². The number of aromatic hydroxyl groups is 2. The zero-order valence-electron chi connectivity index (χ0n) is 14.1. The van der Waals surface area contributed by atoms with E-state index in [0.717, 1.165) is 5.39 Å². The minimum Gasteiger partial charge on any atom is -0.508 e. The van der Waals surface area contributed by atoms with E-state index in [1.165, 1.54) is 38.6 Å². The average molecular weight is 355 g/mol. The Balaban J connectivity index is 1.78. The van der Waals surface area contributed by atoms with E-state index in [0.29, 0.717) is 28.3 Å². The number of phenols is 2. The standard InChI is InChI=1S/C18H17N3O5/c1-25-16-6-11-5-14(20-13(11)8-17(16)26-2)18(24)21-19-9-10-3-4-12(22)7-15(10)23/h3-9,20,22-23H,1-2H3,(H,21,24). The van der Waals surface area contributed by atoms with Gasteiger partial charge < -0.3 is 24.7 Å². The quantitative estimate of drug-likeness (QED) is 0.414. The van der Waals surface area contributed by atoms with E-state index >= 15 is 0 Å². The summed E-state index contributed by atoms with van der Waals surface area (Å²) in [6, 6.07) is 9.23. The van der Waals surface area contributed by atoms with Crippen molar-refractivity contribution in [1.29, 1.82) is 0 Å². The topological polar surface area (TPSA) is 116 Å². The van der Waals surface area contributed by atoms with Crippen LogP contribution in [-0.4, -0.2) is 41.5 Å². The maximum atomic E-state index is 12.2. The monoisotopic (exact) mass is 355 g/mol. The summed E-state index contributed by atoms with van der Waals surface area (Å²) in [4.78, 5) is 15.2. The zero-order valence-corrected chi connectivity index (χ0v) is 14.1. The Labute approximate surface area is 148 Å². The van der Waals surface area contributed by atoms with Gasteiger partial charge in [0.25, 0.3) is 5.91 Å². The van der Waals surface area contributed by atoms with E-state index in [-0.39, 0.29) is 11.5 Å². The molecule has 0 atom stereocenters. The van der Waals surface area contributed by atoms with Gasteiger partial charge >= 0.3 is 0 Å². The van der Waals surface area contributed by atoms with Crippen LogP contribution in [0.4, 0.5) is 0 Å². The van der Waals surface area contributed by atoms with Crippen molar-refractivity contribution in [3.05, 3.63) is 47.7 Å². The summed E-state index contributed by atoms with van der Waals surface area (Å²) in [7, 11) is 3.07. The second-order valence-electron chi connectivity index (χ2n) is 5.42. The molecule has 0 unspecified atom stereocenters. The molecule has 1 amide bonds. The van der Waals surface area contributed by atoms with E-state index in [1.807, 2.05) is 0 Å². The Hall–Kier alpha value is -3.68. The highest BCUT2D eigenvalue weighted by Crippen LogP contribution is 2.32. The number of hydrazone groups is 1. The number of amides is 1. The molecule has 8 nitrogen and oxygen atoms in total. The van der Waals surface area contributed by atoms with E-state index < -0.39 is 5.91 Å². The normalized spacial score (nSPS) is 11.0. The van der Waals surface area contributed by atoms with Crippen molar-refractivity contribution in [3.8, 4) is 23.0 Å². The molecule has 3 rings (SSSR count). The molecule has 1 aromatic heterocycles. The Morgan fingerprint density at radius 2 is 1.85 bits per heavy atom. The van der Waals surface area contributed by atoms with Crippen molar-refractivity contribution < 1.29 is 24.5 Å². The van der Waals surface area contributed by atoms with Crippen LogP contribution in [0, 0.1) is 0 Å². The van der Waals surface area contributed by atoms with Gasteiger partial charge in [-0.05, 0) is 24.3 Å². The molecule has 26 heavy (non-hydrogen) atoms. The van der Waals surface area contributed by atoms with Gasteiger partial charge in [-0.25, -0.2) is 5.43 Å². The molecule has 2 aromatic carbocycles. The summed E-state index contributed by atoms with van der Waals surface area (Å²) in [6.07, 6.45) is 1.28.